The Balaban J connectivity index is 2.70. The lowest BCUT2D eigenvalue weighted by atomic mass is 9.86. The van der Waals surface area contributed by atoms with Gasteiger partial charge in [-0.15, -0.1) is 0 Å². The van der Waals surface area contributed by atoms with Gasteiger partial charge >= 0.3 is 0 Å². The van der Waals surface area contributed by atoms with Gasteiger partial charge < -0.3 is 0 Å². The van der Waals surface area contributed by atoms with Crippen molar-refractivity contribution in [3.63, 3.8) is 0 Å². The fourth-order valence-corrected chi connectivity index (χ4v) is 5.02. The molecule has 1 rings (SSSR count). The molecule has 1 N–H and O–H groups in total. The van der Waals surface area contributed by atoms with Gasteiger partial charge in [0.15, 0.2) is 0 Å². The van der Waals surface area contributed by atoms with Crippen LogP contribution in [0.15, 0.2) is 0 Å². The highest BCUT2D eigenvalue weighted by atomic mass is 32.2. The van der Waals surface area contributed by atoms with E-state index in [9.17, 15) is 8.42 Å². The molecule has 0 aromatic carbocycles. The molecule has 0 spiro atoms. The summed E-state index contributed by atoms with van der Waals surface area (Å²) in [5.74, 6) is -0.0455. The maximum absolute atomic E-state index is 10.7. The third-order valence-corrected chi connectivity index (χ3v) is 5.96. The zero-order valence-corrected chi connectivity index (χ0v) is 9.04. The van der Waals surface area contributed by atoms with Gasteiger partial charge in [0.2, 0.25) is 0 Å². The summed E-state index contributed by atoms with van der Waals surface area (Å²) in [6, 6.07) is 0. The van der Waals surface area contributed by atoms with Crippen LogP contribution in [0.25, 0.3) is 0 Å². The van der Waals surface area contributed by atoms with E-state index in [-0.39, 0.29) is 21.4 Å². The van der Waals surface area contributed by atoms with E-state index in [1.165, 1.54) is 0 Å². The fraction of sp³-hybridized carbons (Fsp3) is 1.00. The van der Waals surface area contributed by atoms with E-state index in [0.717, 1.165) is 19.3 Å². The molecule has 0 atom stereocenters. The highest BCUT2D eigenvalue weighted by Crippen LogP contribution is 2.39. The van der Waals surface area contributed by atoms with Crippen molar-refractivity contribution in [2.45, 2.75) is 24.0 Å². The van der Waals surface area contributed by atoms with Crippen molar-refractivity contribution in [1.29, 1.82) is 0 Å². The SMILES string of the molecule is C[S+](C)C1(CS(=O)(=O)O)CCC1. The molecule has 72 valence electrons. The molecular formula is C7H15O3S2+. The van der Waals surface area contributed by atoms with Crippen LogP contribution in [0.2, 0.25) is 0 Å². The van der Waals surface area contributed by atoms with Gasteiger partial charge in [-0.3, -0.25) is 4.55 Å². The predicted octanol–water partition coefficient (Wildman–Crippen LogP) is 0.675. The van der Waals surface area contributed by atoms with E-state index >= 15 is 0 Å². The summed E-state index contributed by atoms with van der Waals surface area (Å²) in [4.78, 5) is 0. The Labute approximate surface area is 76.6 Å². The average Bonchev–Trinajstić information content (AvgIpc) is 1.75. The first-order valence-electron chi connectivity index (χ1n) is 3.89. The van der Waals surface area contributed by atoms with Crippen molar-refractivity contribution in [2.24, 2.45) is 0 Å². The molecule has 1 fully saturated rings. The maximum Gasteiger partial charge on any atom is 0.270 e. The van der Waals surface area contributed by atoms with Gasteiger partial charge in [0.05, 0.1) is 12.5 Å². The highest BCUT2D eigenvalue weighted by Gasteiger charge is 2.50. The van der Waals surface area contributed by atoms with Crippen LogP contribution in [-0.4, -0.2) is 36.0 Å². The largest absolute Gasteiger partial charge is 0.285 e. The minimum atomic E-state index is -3.78. The van der Waals surface area contributed by atoms with Gasteiger partial charge in [0.25, 0.3) is 10.1 Å². The van der Waals surface area contributed by atoms with Crippen molar-refractivity contribution in [3.05, 3.63) is 0 Å². The Morgan fingerprint density at radius 1 is 1.42 bits per heavy atom. The van der Waals surface area contributed by atoms with Gasteiger partial charge in [0.1, 0.15) is 10.5 Å². The highest BCUT2D eigenvalue weighted by molar-refractivity contribution is 7.98. The summed E-state index contributed by atoms with van der Waals surface area (Å²) in [7, 11) is -3.70. The Kier molecular flexibility index (Phi) is 2.75. The molecule has 0 aromatic rings. The van der Waals surface area contributed by atoms with E-state index in [0.29, 0.717) is 0 Å². The molecule has 5 heteroatoms. The van der Waals surface area contributed by atoms with Gasteiger partial charge in [-0.1, -0.05) is 0 Å². The third kappa shape index (κ3) is 2.14. The molecule has 0 aliphatic heterocycles. The molecule has 0 unspecified atom stereocenters. The number of hydrogen-bond donors (Lipinski definition) is 1. The molecule has 1 aliphatic rings. The van der Waals surface area contributed by atoms with E-state index in [2.05, 4.69) is 0 Å². The van der Waals surface area contributed by atoms with Gasteiger partial charge in [-0.05, 0) is 30.2 Å². The summed E-state index contributed by atoms with van der Waals surface area (Å²) >= 11 is 0. The first kappa shape index (κ1) is 10.3. The summed E-state index contributed by atoms with van der Waals surface area (Å²) in [5.41, 5.74) is 0. The zero-order chi connectivity index (χ0) is 9.41. The standard InChI is InChI=1S/C7H14O3S2/c1-11(2)7(4-3-5-7)6-12(8,9)10/h3-6H2,1-2H3/p+1. The summed E-state index contributed by atoms with van der Waals surface area (Å²) in [5, 5.41) is 0. The lowest BCUT2D eigenvalue weighted by molar-refractivity contribution is 0.375. The third-order valence-electron chi connectivity index (χ3n) is 2.58. The monoisotopic (exact) mass is 211 g/mol. The predicted molar refractivity (Wildman–Crippen MR) is 52.2 cm³/mol. The topological polar surface area (TPSA) is 54.4 Å². The van der Waals surface area contributed by atoms with Crippen LogP contribution >= 0.6 is 0 Å². The second-order valence-electron chi connectivity index (χ2n) is 3.58. The number of hydrogen-bond acceptors (Lipinski definition) is 2. The molecule has 1 aliphatic carbocycles. The summed E-state index contributed by atoms with van der Waals surface area (Å²) in [6.07, 6.45) is 7.08. The molecule has 0 bridgehead atoms. The summed E-state index contributed by atoms with van der Waals surface area (Å²) in [6.45, 7) is 0. The van der Waals surface area contributed by atoms with Crippen molar-refractivity contribution in [3.8, 4) is 0 Å². The minimum Gasteiger partial charge on any atom is -0.285 e. The van der Waals surface area contributed by atoms with Crippen molar-refractivity contribution in [1.82, 2.24) is 0 Å². The molecule has 3 nitrogen and oxygen atoms in total. The molecular weight excluding hydrogens is 196 g/mol. The van der Waals surface area contributed by atoms with Crippen molar-refractivity contribution in [2.75, 3.05) is 18.3 Å². The molecule has 0 amide bonds. The smallest absolute Gasteiger partial charge is 0.270 e. The first-order valence-corrected chi connectivity index (χ1v) is 7.54. The van der Waals surface area contributed by atoms with E-state index in [4.69, 9.17) is 4.55 Å². The van der Waals surface area contributed by atoms with Gasteiger partial charge in [-0.2, -0.15) is 8.42 Å². The second-order valence-corrected chi connectivity index (χ2v) is 7.53. The van der Waals surface area contributed by atoms with Crippen molar-refractivity contribution < 1.29 is 13.0 Å². The zero-order valence-electron chi connectivity index (χ0n) is 7.41. The van der Waals surface area contributed by atoms with E-state index in [1.54, 1.807) is 0 Å². The normalized spacial score (nSPS) is 22.3. The van der Waals surface area contributed by atoms with Crippen LogP contribution < -0.4 is 0 Å². The van der Waals surface area contributed by atoms with Gasteiger partial charge in [0, 0.05) is 0 Å². The Hall–Kier alpha value is 0.260. The molecule has 0 radical (unpaired) electrons. The van der Waals surface area contributed by atoms with Crippen LogP contribution in [0.4, 0.5) is 0 Å². The Morgan fingerprint density at radius 2 is 1.92 bits per heavy atom. The molecule has 0 aromatic heterocycles. The van der Waals surface area contributed by atoms with Crippen molar-refractivity contribution >= 4 is 21.0 Å². The van der Waals surface area contributed by atoms with Crippen LogP contribution in [-0.2, 0) is 21.0 Å². The van der Waals surface area contributed by atoms with E-state index < -0.39 is 10.1 Å². The molecule has 0 heterocycles. The summed E-state index contributed by atoms with van der Waals surface area (Å²) < 4.78 is 30.0. The van der Waals surface area contributed by atoms with Gasteiger partial charge in [-0.25, -0.2) is 0 Å². The molecule has 1 saturated carbocycles. The maximum atomic E-state index is 10.7. The second kappa shape index (κ2) is 3.20. The lowest BCUT2D eigenvalue weighted by Gasteiger charge is -2.36. The Bertz CT molecular complexity index is 252. The Morgan fingerprint density at radius 3 is 2.00 bits per heavy atom. The first-order chi connectivity index (χ1) is 5.36. The van der Waals surface area contributed by atoms with E-state index in [1.807, 2.05) is 12.5 Å². The number of rotatable bonds is 3. The average molecular weight is 211 g/mol. The molecule has 0 saturated heterocycles. The minimum absolute atomic E-state index is 0.0455. The fourth-order valence-electron chi connectivity index (χ4n) is 1.57. The van der Waals surface area contributed by atoms with Crippen LogP contribution in [0.3, 0.4) is 0 Å². The van der Waals surface area contributed by atoms with Crippen LogP contribution in [0.5, 0.6) is 0 Å². The van der Waals surface area contributed by atoms with Crippen LogP contribution in [0.1, 0.15) is 19.3 Å². The quantitative estimate of drug-likeness (QED) is 0.551. The van der Waals surface area contributed by atoms with Crippen LogP contribution in [0, 0.1) is 0 Å². The molecule has 12 heavy (non-hydrogen) atoms. The lowest BCUT2D eigenvalue weighted by Crippen LogP contribution is -2.49.